The number of halogens is 2. The monoisotopic (exact) mass is 313 g/mol. The van der Waals surface area contributed by atoms with E-state index in [-0.39, 0.29) is 11.6 Å². The van der Waals surface area contributed by atoms with Crippen LogP contribution in [0.4, 0.5) is 10.1 Å². The minimum absolute atomic E-state index is 0.175. The average molecular weight is 314 g/mol. The summed E-state index contributed by atoms with van der Waals surface area (Å²) in [5.74, 6) is -0.178. The first-order valence-electron chi connectivity index (χ1n) is 6.04. The largest absolute Gasteiger partial charge is 0.475 e. The van der Waals surface area contributed by atoms with Crippen LogP contribution in [0.2, 0.25) is 0 Å². The Balaban J connectivity index is 2.04. The van der Waals surface area contributed by atoms with E-state index in [1.807, 2.05) is 0 Å². The maximum absolute atomic E-state index is 14.1. The number of hydrogen-bond acceptors (Lipinski definition) is 2. The summed E-state index contributed by atoms with van der Waals surface area (Å²) < 4.78 is 19.9. The second-order valence-corrected chi connectivity index (χ2v) is 5.36. The Bertz CT molecular complexity index is 512. The lowest BCUT2D eigenvalue weighted by molar-refractivity contribution is -0.132. The lowest BCUT2D eigenvalue weighted by Gasteiger charge is -2.34. The average Bonchev–Trinajstić information content (AvgIpc) is 2.82. The highest BCUT2D eigenvalue weighted by Gasteiger charge is 2.47. The quantitative estimate of drug-likeness (QED) is 0.807. The Hall–Kier alpha value is -1.10. The Kier molecular flexibility index (Phi) is 2.81. The van der Waals surface area contributed by atoms with Crippen molar-refractivity contribution in [2.75, 3.05) is 5.32 Å². The molecule has 1 heterocycles. The number of hydrogen-bond donors (Lipinski definition) is 1. The number of amides is 1. The SMILES string of the molecule is O=C1Nc2c(ccc(CBr)c2F)OC12CCCC2. The van der Waals surface area contributed by atoms with Crippen LogP contribution in [0.25, 0.3) is 0 Å². The first-order valence-corrected chi connectivity index (χ1v) is 7.16. The molecule has 18 heavy (non-hydrogen) atoms. The summed E-state index contributed by atoms with van der Waals surface area (Å²) in [6, 6.07) is 3.41. The minimum atomic E-state index is -0.768. The van der Waals surface area contributed by atoms with E-state index in [0.717, 1.165) is 12.8 Å². The van der Waals surface area contributed by atoms with Crippen LogP contribution < -0.4 is 10.1 Å². The first kappa shape index (κ1) is 12.0. The lowest BCUT2D eigenvalue weighted by Crippen LogP contribution is -2.48. The number of alkyl halides is 1. The van der Waals surface area contributed by atoms with Crippen LogP contribution in [0, 0.1) is 5.82 Å². The second-order valence-electron chi connectivity index (χ2n) is 4.80. The maximum atomic E-state index is 14.1. The van der Waals surface area contributed by atoms with Crippen molar-refractivity contribution in [3.05, 3.63) is 23.5 Å². The minimum Gasteiger partial charge on any atom is -0.475 e. The summed E-state index contributed by atoms with van der Waals surface area (Å²) >= 11 is 3.22. The molecule has 1 aliphatic heterocycles. The summed E-state index contributed by atoms with van der Waals surface area (Å²) in [4.78, 5) is 12.1. The first-order chi connectivity index (χ1) is 8.66. The molecular weight excluding hydrogens is 301 g/mol. The summed E-state index contributed by atoms with van der Waals surface area (Å²) in [6.45, 7) is 0. The summed E-state index contributed by atoms with van der Waals surface area (Å²) in [6.07, 6.45) is 3.37. The van der Waals surface area contributed by atoms with Crippen molar-refractivity contribution in [3.63, 3.8) is 0 Å². The number of rotatable bonds is 1. The zero-order valence-electron chi connectivity index (χ0n) is 9.76. The number of anilines is 1. The molecule has 1 fully saturated rings. The highest BCUT2D eigenvalue weighted by molar-refractivity contribution is 9.08. The highest BCUT2D eigenvalue weighted by Crippen LogP contribution is 2.43. The molecule has 2 aliphatic rings. The van der Waals surface area contributed by atoms with Gasteiger partial charge in [-0.1, -0.05) is 22.0 Å². The van der Waals surface area contributed by atoms with Gasteiger partial charge in [0.15, 0.2) is 11.4 Å². The molecule has 3 rings (SSSR count). The van der Waals surface area contributed by atoms with E-state index < -0.39 is 11.4 Å². The van der Waals surface area contributed by atoms with Crippen LogP contribution in [0.1, 0.15) is 31.2 Å². The van der Waals surface area contributed by atoms with Crippen molar-refractivity contribution in [3.8, 4) is 5.75 Å². The molecule has 0 aromatic heterocycles. The lowest BCUT2D eigenvalue weighted by atomic mass is 9.98. The van der Waals surface area contributed by atoms with Crippen LogP contribution in [-0.4, -0.2) is 11.5 Å². The van der Waals surface area contributed by atoms with Crippen LogP contribution in [-0.2, 0) is 10.1 Å². The number of carbonyl (C=O) groups excluding carboxylic acids is 1. The van der Waals surface area contributed by atoms with Gasteiger partial charge in [0.25, 0.3) is 5.91 Å². The Labute approximate surface area is 113 Å². The molecular formula is C13H13BrFNO2. The van der Waals surface area contributed by atoms with Crippen LogP contribution in [0.3, 0.4) is 0 Å². The molecule has 1 aromatic rings. The molecule has 1 amide bonds. The van der Waals surface area contributed by atoms with Gasteiger partial charge in [-0.05, 0) is 31.7 Å². The normalized spacial score (nSPS) is 20.4. The zero-order chi connectivity index (χ0) is 12.8. The Morgan fingerprint density at radius 2 is 2.11 bits per heavy atom. The third kappa shape index (κ3) is 1.64. The van der Waals surface area contributed by atoms with Crippen molar-refractivity contribution in [1.82, 2.24) is 0 Å². The van der Waals surface area contributed by atoms with Crippen molar-refractivity contribution < 1.29 is 13.9 Å². The van der Waals surface area contributed by atoms with Gasteiger partial charge in [-0.15, -0.1) is 0 Å². The number of fused-ring (bicyclic) bond motifs is 1. The molecule has 1 N–H and O–H groups in total. The van der Waals surface area contributed by atoms with Gasteiger partial charge in [-0.3, -0.25) is 4.79 Å². The van der Waals surface area contributed by atoms with E-state index in [4.69, 9.17) is 4.74 Å². The van der Waals surface area contributed by atoms with E-state index in [2.05, 4.69) is 21.2 Å². The Morgan fingerprint density at radius 1 is 1.39 bits per heavy atom. The molecule has 96 valence electrons. The zero-order valence-corrected chi connectivity index (χ0v) is 11.3. The van der Waals surface area contributed by atoms with Gasteiger partial charge in [0.2, 0.25) is 0 Å². The molecule has 0 unspecified atom stereocenters. The van der Waals surface area contributed by atoms with Gasteiger partial charge in [0.1, 0.15) is 11.4 Å². The van der Waals surface area contributed by atoms with Gasteiger partial charge in [-0.2, -0.15) is 0 Å². The molecule has 1 saturated carbocycles. The van der Waals surface area contributed by atoms with Crippen molar-refractivity contribution in [1.29, 1.82) is 0 Å². The fourth-order valence-electron chi connectivity index (χ4n) is 2.67. The van der Waals surface area contributed by atoms with E-state index in [1.54, 1.807) is 12.1 Å². The molecule has 1 spiro atoms. The number of carbonyl (C=O) groups is 1. The van der Waals surface area contributed by atoms with Crippen molar-refractivity contribution in [2.45, 2.75) is 36.6 Å². The van der Waals surface area contributed by atoms with Crippen LogP contribution >= 0.6 is 15.9 Å². The van der Waals surface area contributed by atoms with Gasteiger partial charge >= 0.3 is 0 Å². The van der Waals surface area contributed by atoms with E-state index in [1.165, 1.54) is 0 Å². The summed E-state index contributed by atoms with van der Waals surface area (Å²) in [7, 11) is 0. The van der Waals surface area contributed by atoms with Gasteiger partial charge < -0.3 is 10.1 Å². The number of benzene rings is 1. The van der Waals surface area contributed by atoms with E-state index >= 15 is 0 Å². The molecule has 0 saturated heterocycles. The fraction of sp³-hybridized carbons (Fsp3) is 0.462. The predicted octanol–water partition coefficient (Wildman–Crippen LogP) is 3.36. The Morgan fingerprint density at radius 3 is 2.78 bits per heavy atom. The standard InChI is InChI=1S/C13H13BrFNO2/c14-7-8-3-4-9-11(10(8)15)16-12(17)13(18-9)5-1-2-6-13/h3-4H,1-2,5-7H2,(H,16,17). The predicted molar refractivity (Wildman–Crippen MR) is 69.5 cm³/mol. The number of ether oxygens (including phenoxy) is 1. The van der Waals surface area contributed by atoms with Gasteiger partial charge in [0.05, 0.1) is 0 Å². The topological polar surface area (TPSA) is 38.3 Å². The molecule has 0 bridgehead atoms. The molecule has 1 aliphatic carbocycles. The third-order valence-electron chi connectivity index (χ3n) is 3.70. The summed E-state index contributed by atoms with van der Waals surface area (Å²) in [5, 5.41) is 3.09. The summed E-state index contributed by atoms with van der Waals surface area (Å²) in [5.41, 5.74) is -0.0791. The van der Waals surface area contributed by atoms with Crippen LogP contribution in [0.15, 0.2) is 12.1 Å². The highest BCUT2D eigenvalue weighted by atomic mass is 79.9. The molecule has 3 nitrogen and oxygen atoms in total. The molecule has 1 aromatic carbocycles. The van der Waals surface area contributed by atoms with Crippen molar-refractivity contribution >= 4 is 27.5 Å². The fourth-order valence-corrected chi connectivity index (χ4v) is 3.10. The van der Waals surface area contributed by atoms with E-state index in [9.17, 15) is 9.18 Å². The maximum Gasteiger partial charge on any atom is 0.268 e. The molecule has 5 heteroatoms. The molecule has 0 radical (unpaired) electrons. The van der Waals surface area contributed by atoms with Crippen molar-refractivity contribution in [2.24, 2.45) is 0 Å². The second kappa shape index (κ2) is 4.23. The molecule has 0 atom stereocenters. The number of nitrogens with one attached hydrogen (secondary N) is 1. The third-order valence-corrected chi connectivity index (χ3v) is 4.30. The van der Waals surface area contributed by atoms with Gasteiger partial charge in [-0.25, -0.2) is 4.39 Å². The smallest absolute Gasteiger partial charge is 0.268 e. The van der Waals surface area contributed by atoms with Crippen LogP contribution in [0.5, 0.6) is 5.75 Å². The van der Waals surface area contributed by atoms with Gasteiger partial charge in [0, 0.05) is 10.9 Å². The van der Waals surface area contributed by atoms with E-state index in [0.29, 0.717) is 29.5 Å².